The molecule has 0 bridgehead atoms. The van der Waals surface area contributed by atoms with Gasteiger partial charge in [-0.2, -0.15) is 0 Å². The van der Waals surface area contributed by atoms with Crippen LogP contribution in [0.25, 0.3) is 6.08 Å². The van der Waals surface area contributed by atoms with Crippen LogP contribution in [0.4, 0.5) is 0 Å². The lowest BCUT2D eigenvalue weighted by molar-refractivity contribution is 0.373. The van der Waals surface area contributed by atoms with Crippen molar-refractivity contribution in [3.8, 4) is 11.5 Å². The van der Waals surface area contributed by atoms with Crippen LogP contribution >= 0.6 is 15.9 Å². The number of aromatic hydroxyl groups is 1. The van der Waals surface area contributed by atoms with Gasteiger partial charge in [0.05, 0.1) is 7.11 Å². The number of phenols is 1. The molecule has 0 aliphatic rings. The van der Waals surface area contributed by atoms with Crippen LogP contribution in [0, 0.1) is 0 Å². The van der Waals surface area contributed by atoms with Crippen LogP contribution in [0.5, 0.6) is 11.5 Å². The summed E-state index contributed by atoms with van der Waals surface area (Å²) in [6.45, 7) is 0.482. The van der Waals surface area contributed by atoms with E-state index < -0.39 is 0 Å². The molecule has 0 spiro atoms. The standard InChI is InChI=1S/C10H12BrNO2/c1-14-10-5-7(3-2-4-12)8(11)6-9(10)13/h2-3,5-6,13H,4,12H2,1H3. The fourth-order valence-electron chi connectivity index (χ4n) is 1.04. The largest absolute Gasteiger partial charge is 0.504 e. The van der Waals surface area contributed by atoms with Gasteiger partial charge in [-0.3, -0.25) is 0 Å². The van der Waals surface area contributed by atoms with Crippen LogP contribution in [0.15, 0.2) is 22.7 Å². The molecule has 76 valence electrons. The molecule has 0 heterocycles. The van der Waals surface area contributed by atoms with E-state index in [-0.39, 0.29) is 5.75 Å². The van der Waals surface area contributed by atoms with Gasteiger partial charge in [0.25, 0.3) is 0 Å². The number of phenolic OH excluding ortho intramolecular Hbond substituents is 1. The molecule has 0 saturated carbocycles. The van der Waals surface area contributed by atoms with E-state index >= 15 is 0 Å². The topological polar surface area (TPSA) is 55.5 Å². The molecule has 0 saturated heterocycles. The molecule has 1 aromatic carbocycles. The lowest BCUT2D eigenvalue weighted by Gasteiger charge is -2.06. The molecule has 0 aromatic heterocycles. The Morgan fingerprint density at radius 3 is 2.86 bits per heavy atom. The minimum atomic E-state index is 0.115. The van der Waals surface area contributed by atoms with Crippen molar-refractivity contribution in [2.24, 2.45) is 5.73 Å². The van der Waals surface area contributed by atoms with Crippen LogP contribution in [0.2, 0.25) is 0 Å². The first-order chi connectivity index (χ1) is 6.69. The number of halogens is 1. The molecule has 0 unspecified atom stereocenters. The molecule has 0 fully saturated rings. The summed E-state index contributed by atoms with van der Waals surface area (Å²) in [4.78, 5) is 0. The molecule has 14 heavy (non-hydrogen) atoms. The van der Waals surface area contributed by atoms with Crippen molar-refractivity contribution in [1.29, 1.82) is 0 Å². The summed E-state index contributed by atoms with van der Waals surface area (Å²) in [5.74, 6) is 0.564. The molecule has 0 radical (unpaired) electrons. The Balaban J connectivity index is 3.10. The first-order valence-corrected chi connectivity index (χ1v) is 4.91. The van der Waals surface area contributed by atoms with Crippen LogP contribution in [-0.2, 0) is 0 Å². The molecule has 3 N–H and O–H groups in total. The number of ether oxygens (including phenoxy) is 1. The number of hydrogen-bond donors (Lipinski definition) is 2. The smallest absolute Gasteiger partial charge is 0.161 e. The monoisotopic (exact) mass is 257 g/mol. The lowest BCUT2D eigenvalue weighted by Crippen LogP contribution is -1.92. The normalized spacial score (nSPS) is 10.8. The van der Waals surface area contributed by atoms with Crippen molar-refractivity contribution < 1.29 is 9.84 Å². The van der Waals surface area contributed by atoms with E-state index in [1.54, 1.807) is 12.1 Å². The molecular weight excluding hydrogens is 246 g/mol. The first kappa shape index (κ1) is 11.1. The van der Waals surface area contributed by atoms with Crippen molar-refractivity contribution in [3.63, 3.8) is 0 Å². The molecule has 3 nitrogen and oxygen atoms in total. The maximum Gasteiger partial charge on any atom is 0.161 e. The summed E-state index contributed by atoms with van der Waals surface area (Å²) in [6, 6.07) is 3.33. The van der Waals surface area contributed by atoms with Crippen LogP contribution in [-0.4, -0.2) is 18.8 Å². The van der Waals surface area contributed by atoms with E-state index in [1.165, 1.54) is 7.11 Å². The van der Waals surface area contributed by atoms with Gasteiger partial charge in [-0.25, -0.2) is 0 Å². The maximum absolute atomic E-state index is 9.44. The summed E-state index contributed by atoms with van der Waals surface area (Å²) in [5.41, 5.74) is 6.27. The van der Waals surface area contributed by atoms with Gasteiger partial charge in [-0.15, -0.1) is 0 Å². The molecular formula is C10H12BrNO2. The van der Waals surface area contributed by atoms with Crippen molar-refractivity contribution in [2.45, 2.75) is 0 Å². The highest BCUT2D eigenvalue weighted by Gasteiger charge is 2.05. The molecule has 1 aromatic rings. The predicted molar refractivity (Wildman–Crippen MR) is 60.4 cm³/mol. The minimum Gasteiger partial charge on any atom is -0.504 e. The van der Waals surface area contributed by atoms with Gasteiger partial charge in [0.15, 0.2) is 11.5 Å². The van der Waals surface area contributed by atoms with Crippen molar-refractivity contribution in [2.75, 3.05) is 13.7 Å². The summed E-state index contributed by atoms with van der Waals surface area (Å²) >= 11 is 3.33. The quantitative estimate of drug-likeness (QED) is 0.873. The molecule has 4 heteroatoms. The third-order valence-corrected chi connectivity index (χ3v) is 2.42. The Hall–Kier alpha value is -1.00. The summed E-state index contributed by atoms with van der Waals surface area (Å²) in [6.07, 6.45) is 3.70. The third-order valence-electron chi connectivity index (χ3n) is 1.73. The van der Waals surface area contributed by atoms with E-state index in [4.69, 9.17) is 10.5 Å². The van der Waals surface area contributed by atoms with E-state index in [2.05, 4.69) is 15.9 Å². The van der Waals surface area contributed by atoms with Gasteiger partial charge in [-0.1, -0.05) is 28.1 Å². The highest BCUT2D eigenvalue weighted by atomic mass is 79.9. The van der Waals surface area contributed by atoms with Gasteiger partial charge in [0.2, 0.25) is 0 Å². The molecule has 1 rings (SSSR count). The van der Waals surface area contributed by atoms with Gasteiger partial charge in [0.1, 0.15) is 0 Å². The van der Waals surface area contributed by atoms with Crippen LogP contribution < -0.4 is 10.5 Å². The number of nitrogens with two attached hydrogens (primary N) is 1. The number of hydrogen-bond acceptors (Lipinski definition) is 3. The fraction of sp³-hybridized carbons (Fsp3) is 0.200. The molecule has 0 amide bonds. The number of rotatable bonds is 3. The zero-order valence-electron chi connectivity index (χ0n) is 7.83. The zero-order chi connectivity index (χ0) is 10.6. The second-order valence-corrected chi connectivity index (χ2v) is 3.54. The zero-order valence-corrected chi connectivity index (χ0v) is 9.41. The average molecular weight is 258 g/mol. The maximum atomic E-state index is 9.44. The third kappa shape index (κ3) is 2.49. The van der Waals surface area contributed by atoms with Crippen LogP contribution in [0.1, 0.15) is 5.56 Å². The van der Waals surface area contributed by atoms with Crippen LogP contribution in [0.3, 0.4) is 0 Å². The SMILES string of the molecule is COc1cc(C=CCN)c(Br)cc1O. The highest BCUT2D eigenvalue weighted by molar-refractivity contribution is 9.10. The fourth-order valence-corrected chi connectivity index (χ4v) is 1.51. The minimum absolute atomic E-state index is 0.115. The lowest BCUT2D eigenvalue weighted by atomic mass is 10.2. The van der Waals surface area contributed by atoms with E-state index in [0.717, 1.165) is 10.0 Å². The van der Waals surface area contributed by atoms with Crippen molar-refractivity contribution in [3.05, 3.63) is 28.2 Å². The van der Waals surface area contributed by atoms with E-state index in [0.29, 0.717) is 12.3 Å². The Kier molecular flexibility index (Phi) is 3.98. The first-order valence-electron chi connectivity index (χ1n) is 4.12. The van der Waals surface area contributed by atoms with Gasteiger partial charge < -0.3 is 15.6 Å². The van der Waals surface area contributed by atoms with Gasteiger partial charge >= 0.3 is 0 Å². The summed E-state index contributed by atoms with van der Waals surface area (Å²) in [5, 5.41) is 9.44. The molecule has 0 atom stereocenters. The molecule has 0 aliphatic heterocycles. The Bertz CT molecular complexity index is 350. The number of methoxy groups -OCH3 is 1. The van der Waals surface area contributed by atoms with Gasteiger partial charge in [-0.05, 0) is 17.7 Å². The van der Waals surface area contributed by atoms with Gasteiger partial charge in [0, 0.05) is 11.0 Å². The highest BCUT2D eigenvalue weighted by Crippen LogP contribution is 2.32. The Labute approximate surface area is 91.3 Å². The molecule has 0 aliphatic carbocycles. The second-order valence-electron chi connectivity index (χ2n) is 2.68. The summed E-state index contributed by atoms with van der Waals surface area (Å²) in [7, 11) is 1.51. The van der Waals surface area contributed by atoms with E-state index in [9.17, 15) is 5.11 Å². The van der Waals surface area contributed by atoms with Crippen molar-refractivity contribution in [1.82, 2.24) is 0 Å². The van der Waals surface area contributed by atoms with E-state index in [1.807, 2.05) is 12.2 Å². The number of benzene rings is 1. The average Bonchev–Trinajstić information content (AvgIpc) is 2.17. The Morgan fingerprint density at radius 1 is 1.57 bits per heavy atom. The summed E-state index contributed by atoms with van der Waals surface area (Å²) < 4.78 is 5.79. The van der Waals surface area contributed by atoms with Crippen molar-refractivity contribution >= 4 is 22.0 Å². The Morgan fingerprint density at radius 2 is 2.29 bits per heavy atom. The second kappa shape index (κ2) is 5.02. The predicted octanol–water partition coefficient (Wildman–Crippen LogP) is 2.14.